The Morgan fingerprint density at radius 1 is 1.38 bits per heavy atom. The van der Waals surface area contributed by atoms with Crippen molar-refractivity contribution in [2.45, 2.75) is 38.6 Å². The number of unbranched alkanes of at least 4 members (excludes halogenated alkanes) is 1. The minimum Gasteiger partial charge on any atom is -0.475 e. The number of hydrogen-bond acceptors (Lipinski definition) is 10. The number of aromatic nitrogens is 1. The van der Waals surface area contributed by atoms with Gasteiger partial charge in [-0.1, -0.05) is 13.3 Å². The number of rotatable bonds is 10. The van der Waals surface area contributed by atoms with Gasteiger partial charge in [-0.05, 0) is 30.3 Å². The molecule has 1 fully saturated rings. The van der Waals surface area contributed by atoms with E-state index in [1.807, 2.05) is 6.92 Å². The zero-order chi connectivity index (χ0) is 23.5. The maximum Gasteiger partial charge on any atom is 0.516 e. The molecule has 32 heavy (non-hydrogen) atoms. The van der Waals surface area contributed by atoms with Crippen LogP contribution in [0.15, 0.2) is 10.6 Å². The summed E-state index contributed by atoms with van der Waals surface area (Å²) in [7, 11) is 0. The van der Waals surface area contributed by atoms with Gasteiger partial charge >= 0.3 is 12.1 Å². The minimum atomic E-state index is -1.27. The topological polar surface area (TPSA) is 196 Å². The van der Waals surface area contributed by atoms with Gasteiger partial charge in [-0.15, -0.1) is 0 Å². The van der Waals surface area contributed by atoms with Crippen LogP contribution in [0.4, 0.5) is 4.79 Å². The van der Waals surface area contributed by atoms with Crippen molar-refractivity contribution < 1.29 is 33.1 Å². The Morgan fingerprint density at radius 3 is 2.75 bits per heavy atom. The van der Waals surface area contributed by atoms with E-state index in [2.05, 4.69) is 15.2 Å². The average Bonchev–Trinajstić information content (AvgIpc) is 3.25. The lowest BCUT2D eigenvalue weighted by Crippen LogP contribution is -2.44. The van der Waals surface area contributed by atoms with Crippen LogP contribution < -0.4 is 21.5 Å². The van der Waals surface area contributed by atoms with E-state index in [-0.39, 0.29) is 36.7 Å². The molecule has 0 aromatic carbocycles. The zero-order valence-corrected chi connectivity index (χ0v) is 18.0. The van der Waals surface area contributed by atoms with E-state index < -0.39 is 24.1 Å². The van der Waals surface area contributed by atoms with Gasteiger partial charge in [0.1, 0.15) is 6.04 Å². The maximum atomic E-state index is 12.2. The molecule has 1 saturated heterocycles. The molecule has 1 aliphatic heterocycles. The van der Waals surface area contributed by atoms with Crippen LogP contribution in [0.3, 0.4) is 0 Å². The molecule has 1 unspecified atom stereocenters. The summed E-state index contributed by atoms with van der Waals surface area (Å²) in [5.41, 5.74) is 11.1. The lowest BCUT2D eigenvalue weighted by atomic mass is 9.98. The van der Waals surface area contributed by atoms with Gasteiger partial charge in [0.25, 0.3) is 11.8 Å². The van der Waals surface area contributed by atoms with Gasteiger partial charge in [0.2, 0.25) is 5.76 Å². The van der Waals surface area contributed by atoms with Gasteiger partial charge in [0.15, 0.2) is 5.96 Å². The molecule has 1 aromatic heterocycles. The number of carbonyl (C=O) groups excluding carboxylic acids is 3. The van der Waals surface area contributed by atoms with Gasteiger partial charge in [0, 0.05) is 19.6 Å². The first-order valence-corrected chi connectivity index (χ1v) is 10.4. The Balaban J connectivity index is 1.69. The summed E-state index contributed by atoms with van der Waals surface area (Å²) < 4.78 is 19.7. The van der Waals surface area contributed by atoms with E-state index in [1.165, 1.54) is 6.07 Å². The summed E-state index contributed by atoms with van der Waals surface area (Å²) in [5.74, 6) is -1.30. The molecular formula is C19H30N6O7. The number of amides is 1. The summed E-state index contributed by atoms with van der Waals surface area (Å²) in [6, 6.07) is 0.0619. The van der Waals surface area contributed by atoms with E-state index in [4.69, 9.17) is 30.9 Å². The number of guanidine groups is 1. The molecule has 1 atom stereocenters. The van der Waals surface area contributed by atoms with Crippen LogP contribution in [0, 0.1) is 11.3 Å². The number of ether oxygens (including phenoxy) is 3. The van der Waals surface area contributed by atoms with Gasteiger partial charge in [-0.2, -0.15) is 0 Å². The zero-order valence-electron chi connectivity index (χ0n) is 18.0. The Hall–Kier alpha value is -3.35. The molecule has 0 radical (unpaired) electrons. The lowest BCUT2D eigenvalue weighted by Gasteiger charge is -2.31. The highest BCUT2D eigenvalue weighted by molar-refractivity contribution is 5.92. The molecule has 2 rings (SSSR count). The van der Waals surface area contributed by atoms with Crippen molar-refractivity contribution in [2.75, 3.05) is 32.8 Å². The molecule has 0 saturated carbocycles. The molecule has 0 bridgehead atoms. The number of esters is 1. The third-order valence-electron chi connectivity index (χ3n) is 4.82. The first kappa shape index (κ1) is 24.9. The highest BCUT2D eigenvalue weighted by Gasteiger charge is 2.23. The van der Waals surface area contributed by atoms with Crippen LogP contribution in [0.2, 0.25) is 0 Å². The van der Waals surface area contributed by atoms with E-state index >= 15 is 0 Å². The normalized spacial score (nSPS) is 15.0. The van der Waals surface area contributed by atoms with Crippen molar-refractivity contribution in [1.29, 1.82) is 5.41 Å². The first-order valence-electron chi connectivity index (χ1n) is 10.4. The van der Waals surface area contributed by atoms with E-state index in [0.29, 0.717) is 26.1 Å². The van der Waals surface area contributed by atoms with Gasteiger partial charge in [-0.25, -0.2) is 9.59 Å². The van der Waals surface area contributed by atoms with E-state index in [9.17, 15) is 14.4 Å². The monoisotopic (exact) mass is 454 g/mol. The molecule has 0 aliphatic carbocycles. The fourth-order valence-corrected chi connectivity index (χ4v) is 2.84. The standard InChI is InChI=1S/C19H30N6O7/c1-2-3-8-29-19(28)31-17(27)13(20)10-23-16(26)14-9-15(24-32-14)30-11-12-4-6-25(7-5-12)18(21)22/h9,12-13H,2-8,10-11,20H2,1H3,(H3,21,22)(H,23,26). The maximum absolute atomic E-state index is 12.2. The van der Waals surface area contributed by atoms with Crippen molar-refractivity contribution in [3.8, 4) is 5.88 Å². The predicted octanol–water partition coefficient (Wildman–Crippen LogP) is 0.196. The van der Waals surface area contributed by atoms with Crippen molar-refractivity contribution in [1.82, 2.24) is 15.4 Å². The molecule has 1 aliphatic rings. The first-order chi connectivity index (χ1) is 15.3. The molecule has 178 valence electrons. The van der Waals surface area contributed by atoms with Crippen molar-refractivity contribution in [3.05, 3.63) is 11.8 Å². The largest absolute Gasteiger partial charge is 0.516 e. The lowest BCUT2D eigenvalue weighted by molar-refractivity contribution is -0.141. The molecular weight excluding hydrogens is 424 g/mol. The molecule has 0 spiro atoms. The molecule has 13 heteroatoms. The molecule has 1 aromatic rings. The third kappa shape index (κ3) is 8.06. The third-order valence-corrected chi connectivity index (χ3v) is 4.82. The summed E-state index contributed by atoms with van der Waals surface area (Å²) in [5, 5.41) is 13.5. The van der Waals surface area contributed by atoms with Gasteiger partial charge in [-0.3, -0.25) is 10.2 Å². The predicted molar refractivity (Wildman–Crippen MR) is 111 cm³/mol. The number of piperidine rings is 1. The van der Waals surface area contributed by atoms with E-state index in [0.717, 1.165) is 19.3 Å². The second-order valence-corrected chi connectivity index (χ2v) is 7.35. The minimum absolute atomic E-state index is 0.0661. The quantitative estimate of drug-likeness (QED) is 0.124. The Labute approximate surface area is 185 Å². The molecule has 2 heterocycles. The van der Waals surface area contributed by atoms with Crippen molar-refractivity contribution in [3.63, 3.8) is 0 Å². The Morgan fingerprint density at radius 2 is 2.09 bits per heavy atom. The summed E-state index contributed by atoms with van der Waals surface area (Å²) in [6.07, 6.45) is 1.99. The van der Waals surface area contributed by atoms with Crippen molar-refractivity contribution >= 4 is 24.0 Å². The molecule has 6 N–H and O–H groups in total. The number of hydrogen-bond donors (Lipinski definition) is 4. The van der Waals surface area contributed by atoms with Crippen LogP contribution in [-0.2, 0) is 14.3 Å². The number of nitrogens with zero attached hydrogens (tertiary/aromatic N) is 2. The second kappa shape index (κ2) is 12.5. The van der Waals surface area contributed by atoms with Crippen LogP contribution >= 0.6 is 0 Å². The number of nitrogens with two attached hydrogens (primary N) is 2. The van der Waals surface area contributed by atoms with Crippen LogP contribution in [0.1, 0.15) is 43.2 Å². The summed E-state index contributed by atoms with van der Waals surface area (Å²) in [4.78, 5) is 37.1. The number of carbonyl (C=O) groups is 3. The van der Waals surface area contributed by atoms with Crippen LogP contribution in [-0.4, -0.2) is 72.9 Å². The van der Waals surface area contributed by atoms with Crippen LogP contribution in [0.25, 0.3) is 0 Å². The van der Waals surface area contributed by atoms with Gasteiger partial charge < -0.3 is 40.4 Å². The van der Waals surface area contributed by atoms with Crippen LogP contribution in [0.5, 0.6) is 5.88 Å². The summed E-state index contributed by atoms with van der Waals surface area (Å²) >= 11 is 0. The SMILES string of the molecule is CCCCOC(=O)OC(=O)C(N)CNC(=O)c1cc(OCC2CCN(C(=N)N)CC2)no1. The smallest absolute Gasteiger partial charge is 0.475 e. The Kier molecular flexibility index (Phi) is 9.73. The highest BCUT2D eigenvalue weighted by Crippen LogP contribution is 2.19. The van der Waals surface area contributed by atoms with E-state index in [1.54, 1.807) is 4.90 Å². The number of nitrogens with one attached hydrogen (secondary N) is 2. The molecule has 1 amide bonds. The number of likely N-dealkylation sites (tertiary alicyclic amines) is 1. The fourth-order valence-electron chi connectivity index (χ4n) is 2.84. The van der Waals surface area contributed by atoms with Crippen molar-refractivity contribution in [2.24, 2.45) is 17.4 Å². The molecule has 13 nitrogen and oxygen atoms in total. The summed E-state index contributed by atoms with van der Waals surface area (Å²) in [6.45, 7) is 3.55. The Bertz CT molecular complexity index is 791. The fraction of sp³-hybridized carbons (Fsp3) is 0.632. The highest BCUT2D eigenvalue weighted by atomic mass is 16.7. The average molecular weight is 454 g/mol. The second-order valence-electron chi connectivity index (χ2n) is 7.35. The van der Waals surface area contributed by atoms with Gasteiger partial charge in [0.05, 0.1) is 19.3 Å².